The maximum Gasteiger partial charge on any atom is 0.435 e. The molecule has 0 aliphatic carbocycles. The molecule has 0 aliphatic rings. The van der Waals surface area contributed by atoms with Gasteiger partial charge >= 0.3 is 24.6 Å². The van der Waals surface area contributed by atoms with Gasteiger partial charge < -0.3 is 15.0 Å². The van der Waals surface area contributed by atoms with Crippen LogP contribution in [0.1, 0.15) is 33.2 Å². The van der Waals surface area contributed by atoms with Crippen LogP contribution in [0, 0.1) is 11.6 Å². The summed E-state index contributed by atoms with van der Waals surface area (Å²) in [5.74, 6) is -6.79. The van der Waals surface area contributed by atoms with Crippen molar-refractivity contribution in [2.45, 2.75) is 31.6 Å². The third-order valence-electron chi connectivity index (χ3n) is 5.92. The van der Waals surface area contributed by atoms with Gasteiger partial charge in [0, 0.05) is 17.1 Å². The largest absolute Gasteiger partial charge is 0.435 e. The number of hydrogen-bond acceptors (Lipinski definition) is 3. The molecular formula is C26H15Cl2F11N2O3. The lowest BCUT2D eigenvalue weighted by Gasteiger charge is -2.31. The van der Waals surface area contributed by atoms with Crippen LogP contribution in [0.4, 0.5) is 59.7 Å². The van der Waals surface area contributed by atoms with Crippen molar-refractivity contribution in [2.75, 3.05) is 16.8 Å². The van der Waals surface area contributed by atoms with Crippen LogP contribution in [0.3, 0.4) is 0 Å². The number of nitrogens with zero attached hydrogens (tertiary/aromatic N) is 1. The number of anilines is 2. The maximum absolute atomic E-state index is 15.6. The second kappa shape index (κ2) is 12.7. The molecule has 0 spiro atoms. The van der Waals surface area contributed by atoms with Crippen LogP contribution in [0.2, 0.25) is 10.0 Å². The molecule has 3 aromatic rings. The third kappa shape index (κ3) is 6.65. The van der Waals surface area contributed by atoms with Gasteiger partial charge in [-0.2, -0.15) is 35.1 Å². The number of carbonyl (C=O) groups excluding carboxylic acids is 2. The van der Waals surface area contributed by atoms with Crippen molar-refractivity contribution >= 4 is 46.4 Å². The molecule has 0 saturated heterocycles. The first-order chi connectivity index (χ1) is 20.2. The summed E-state index contributed by atoms with van der Waals surface area (Å²) in [5, 5.41) is 0.349. The van der Waals surface area contributed by atoms with E-state index in [1.54, 1.807) is 5.32 Å². The molecule has 44 heavy (non-hydrogen) atoms. The van der Waals surface area contributed by atoms with Crippen molar-refractivity contribution in [1.29, 1.82) is 0 Å². The smallest absolute Gasteiger partial charge is 0.433 e. The van der Waals surface area contributed by atoms with E-state index in [-0.39, 0.29) is 17.6 Å². The van der Waals surface area contributed by atoms with Gasteiger partial charge in [-0.15, -0.1) is 0 Å². The van der Waals surface area contributed by atoms with E-state index in [9.17, 15) is 53.5 Å². The lowest BCUT2D eigenvalue weighted by Crippen LogP contribution is -2.50. The van der Waals surface area contributed by atoms with Crippen molar-refractivity contribution in [3.63, 3.8) is 0 Å². The molecule has 2 amide bonds. The van der Waals surface area contributed by atoms with Gasteiger partial charge in [0.05, 0.1) is 21.8 Å². The van der Waals surface area contributed by atoms with E-state index < -0.39 is 93.0 Å². The molecule has 0 bridgehead atoms. The zero-order valence-corrected chi connectivity index (χ0v) is 23.0. The Kier molecular flexibility index (Phi) is 9.99. The number of carbonyl (C=O) groups is 2. The summed E-state index contributed by atoms with van der Waals surface area (Å²) in [6, 6.07) is 5.14. The SMILES string of the molecule is CCN(C(=O)c1cc(Cl)ccc1F)c1cccc(C(=O)Nc2c(Cl)cc(C(F)(C(F)(F)F)C(F)(F)F)cc2OC(F)F)c1F. The first kappa shape index (κ1) is 34.7. The van der Waals surface area contributed by atoms with Gasteiger partial charge in [0.2, 0.25) is 0 Å². The Morgan fingerprint density at radius 2 is 1.52 bits per heavy atom. The number of rotatable bonds is 8. The number of hydrogen-bond donors (Lipinski definition) is 1. The highest BCUT2D eigenvalue weighted by atomic mass is 35.5. The number of ether oxygens (including phenoxy) is 1. The minimum absolute atomic E-state index is 0.0420. The van der Waals surface area contributed by atoms with Gasteiger partial charge in [0.25, 0.3) is 11.8 Å². The molecule has 0 aliphatic heterocycles. The average molecular weight is 683 g/mol. The van der Waals surface area contributed by atoms with Crippen molar-refractivity contribution < 1.29 is 62.6 Å². The number of nitrogens with one attached hydrogen (secondary N) is 1. The Balaban J connectivity index is 2.09. The molecule has 0 heterocycles. The lowest BCUT2D eigenvalue weighted by molar-refractivity contribution is -0.348. The summed E-state index contributed by atoms with van der Waals surface area (Å²) in [4.78, 5) is 26.6. The van der Waals surface area contributed by atoms with E-state index in [2.05, 4.69) is 4.74 Å². The second-order valence-corrected chi connectivity index (χ2v) is 9.47. The van der Waals surface area contributed by atoms with Crippen LogP contribution in [0.25, 0.3) is 0 Å². The third-order valence-corrected chi connectivity index (χ3v) is 6.45. The number of benzene rings is 3. The van der Waals surface area contributed by atoms with E-state index in [1.165, 1.54) is 6.92 Å². The van der Waals surface area contributed by atoms with E-state index in [0.29, 0.717) is 4.90 Å². The molecule has 3 aromatic carbocycles. The first-order valence-corrected chi connectivity index (χ1v) is 12.5. The van der Waals surface area contributed by atoms with Crippen molar-refractivity contribution in [2.24, 2.45) is 0 Å². The Labute approximate surface area is 250 Å². The van der Waals surface area contributed by atoms with E-state index in [1.807, 2.05) is 0 Å². The normalized spacial score (nSPS) is 12.3. The van der Waals surface area contributed by atoms with Gasteiger partial charge in [-0.1, -0.05) is 29.3 Å². The topological polar surface area (TPSA) is 58.6 Å². The predicted molar refractivity (Wildman–Crippen MR) is 136 cm³/mol. The molecule has 0 fully saturated rings. The summed E-state index contributed by atoms with van der Waals surface area (Å²) >= 11 is 11.5. The quantitative estimate of drug-likeness (QED) is 0.241. The molecule has 18 heteroatoms. The van der Waals surface area contributed by atoms with Crippen LogP contribution >= 0.6 is 23.2 Å². The minimum atomic E-state index is -6.65. The van der Waals surface area contributed by atoms with Gasteiger partial charge in [0.15, 0.2) is 11.6 Å². The number of halogens is 13. The second-order valence-electron chi connectivity index (χ2n) is 8.63. The van der Waals surface area contributed by atoms with Crippen molar-refractivity contribution in [3.8, 4) is 5.75 Å². The molecule has 5 nitrogen and oxygen atoms in total. The van der Waals surface area contributed by atoms with Gasteiger partial charge in [0.1, 0.15) is 11.5 Å². The highest BCUT2D eigenvalue weighted by Gasteiger charge is 2.73. The summed E-state index contributed by atoms with van der Waals surface area (Å²) in [5.41, 5.74) is -11.7. The number of alkyl halides is 9. The fourth-order valence-corrected chi connectivity index (χ4v) is 4.32. The van der Waals surface area contributed by atoms with Crippen LogP contribution in [-0.2, 0) is 5.67 Å². The minimum Gasteiger partial charge on any atom is -0.433 e. The zero-order valence-electron chi connectivity index (χ0n) is 21.5. The molecule has 1 N–H and O–H groups in total. The molecule has 0 unspecified atom stereocenters. The van der Waals surface area contributed by atoms with Crippen LogP contribution in [-0.4, -0.2) is 37.3 Å². The fourth-order valence-electron chi connectivity index (χ4n) is 3.89. The van der Waals surface area contributed by atoms with Crippen LogP contribution < -0.4 is 15.0 Å². The Bertz CT molecular complexity index is 1570. The summed E-state index contributed by atoms with van der Waals surface area (Å²) in [7, 11) is 0. The van der Waals surface area contributed by atoms with Crippen LogP contribution in [0.5, 0.6) is 5.75 Å². The molecule has 0 atom stereocenters. The average Bonchev–Trinajstić information content (AvgIpc) is 2.90. The molecule has 0 aromatic heterocycles. The van der Waals surface area contributed by atoms with Gasteiger partial charge in [-0.05, 0) is 49.4 Å². The molecular weight excluding hydrogens is 668 g/mol. The molecule has 0 saturated carbocycles. The highest BCUT2D eigenvalue weighted by Crippen LogP contribution is 2.55. The Morgan fingerprint density at radius 3 is 2.07 bits per heavy atom. The standard InChI is InChI=1S/C26H15Cl2F11N2O3/c1-2-41(22(43)14-10-12(27)6-7-16(14)29)17-5-3-4-13(19(17)30)21(42)40-20-15(28)8-11(9-18(20)44-23(31)32)24(33,25(34,35)36)26(37,38)39/h3-10,23H,2H2,1H3,(H,40,42). The lowest BCUT2D eigenvalue weighted by atomic mass is 9.93. The fraction of sp³-hybridized carbons (Fsp3) is 0.231. The molecule has 3 rings (SSSR count). The molecule has 0 radical (unpaired) electrons. The highest BCUT2D eigenvalue weighted by molar-refractivity contribution is 6.34. The van der Waals surface area contributed by atoms with Gasteiger partial charge in [-0.25, -0.2) is 13.2 Å². The zero-order chi connectivity index (χ0) is 33.4. The van der Waals surface area contributed by atoms with Gasteiger partial charge in [-0.3, -0.25) is 9.59 Å². The van der Waals surface area contributed by atoms with E-state index in [4.69, 9.17) is 23.2 Å². The van der Waals surface area contributed by atoms with E-state index in [0.717, 1.165) is 36.4 Å². The van der Waals surface area contributed by atoms with E-state index >= 15 is 4.39 Å². The monoisotopic (exact) mass is 682 g/mol. The van der Waals surface area contributed by atoms with Crippen molar-refractivity contribution in [3.05, 3.63) is 86.9 Å². The maximum atomic E-state index is 15.6. The predicted octanol–water partition coefficient (Wildman–Crippen LogP) is 9.08. The summed E-state index contributed by atoms with van der Waals surface area (Å²) in [6.07, 6.45) is -13.3. The van der Waals surface area contributed by atoms with Crippen LogP contribution in [0.15, 0.2) is 48.5 Å². The van der Waals surface area contributed by atoms with Crippen molar-refractivity contribution in [1.82, 2.24) is 0 Å². The summed E-state index contributed by atoms with van der Waals surface area (Å²) < 4.78 is 154. The Morgan fingerprint density at radius 1 is 0.909 bits per heavy atom. The summed E-state index contributed by atoms with van der Waals surface area (Å²) in [6.45, 7) is -2.87. The first-order valence-electron chi connectivity index (χ1n) is 11.7. The molecule has 238 valence electrons. The Hall–Kier alpha value is -3.79. The number of amides is 2.